The predicted molar refractivity (Wildman–Crippen MR) is 341 cm³/mol. The molecule has 0 spiro atoms. The van der Waals surface area contributed by atoms with Gasteiger partial charge in [-0.25, -0.2) is 0 Å². The zero-order valence-electron chi connectivity index (χ0n) is 53.5. The second-order valence-corrected chi connectivity index (χ2v) is 26.1. The molecule has 2 aromatic rings. The fourth-order valence-electron chi connectivity index (χ4n) is 11.9. The van der Waals surface area contributed by atoms with E-state index in [1.165, 1.54) is 12.8 Å². The molecule has 2 aromatic carbocycles. The fraction of sp³-hybridized carbons (Fsp3) is 0.646. The van der Waals surface area contributed by atoms with Crippen molar-refractivity contribution in [2.75, 3.05) is 134 Å². The van der Waals surface area contributed by atoms with Crippen LogP contribution in [0.1, 0.15) is 142 Å². The molecule has 0 saturated carbocycles. The Hall–Kier alpha value is -7.11. The van der Waals surface area contributed by atoms with Crippen LogP contribution in [0.15, 0.2) is 36.4 Å². The smallest absolute Gasteiger partial charge is 0.293 e. The molecule has 5 N–H and O–H groups in total. The van der Waals surface area contributed by atoms with Crippen molar-refractivity contribution in [1.82, 2.24) is 51.1 Å². The quantitative estimate of drug-likeness (QED) is 0.124. The van der Waals surface area contributed by atoms with E-state index in [-0.39, 0.29) is 61.3 Å². The van der Waals surface area contributed by atoms with E-state index in [9.17, 15) is 52.7 Å². The number of fused-ring (bicyclic) bond motifs is 2. The van der Waals surface area contributed by atoms with E-state index >= 15 is 0 Å². The van der Waals surface area contributed by atoms with Gasteiger partial charge in [0, 0.05) is 129 Å². The summed E-state index contributed by atoms with van der Waals surface area (Å²) in [6.07, 6.45) is 7.88. The van der Waals surface area contributed by atoms with E-state index in [2.05, 4.69) is 60.6 Å². The molecule has 0 radical (unpaired) electrons. The number of amides is 8. The van der Waals surface area contributed by atoms with Crippen LogP contribution in [0.3, 0.4) is 0 Å². The number of aldehydes is 1. The van der Waals surface area contributed by atoms with E-state index in [1.54, 1.807) is 30.3 Å². The second kappa shape index (κ2) is 33.6. The number of piperidine rings is 4. The molecule has 92 heavy (non-hydrogen) atoms. The molecule has 12 rings (SSSR count). The van der Waals surface area contributed by atoms with Gasteiger partial charge in [0.25, 0.3) is 36.6 Å². The van der Waals surface area contributed by atoms with Gasteiger partial charge in [-0.15, -0.1) is 0 Å². The van der Waals surface area contributed by atoms with E-state index in [0.29, 0.717) is 68.1 Å². The monoisotopic (exact) mass is 1280 g/mol. The molecule has 27 nitrogen and oxygen atoms in total. The van der Waals surface area contributed by atoms with E-state index < -0.39 is 53.4 Å². The van der Waals surface area contributed by atoms with Crippen LogP contribution in [0.25, 0.3) is 0 Å². The van der Waals surface area contributed by atoms with Crippen molar-refractivity contribution in [2.24, 2.45) is 0 Å². The Morgan fingerprint density at radius 2 is 0.837 bits per heavy atom. The summed E-state index contributed by atoms with van der Waals surface area (Å²) in [6, 6.07) is 8.57. The highest BCUT2D eigenvalue weighted by Crippen LogP contribution is 2.33. The van der Waals surface area contributed by atoms with Gasteiger partial charge >= 0.3 is 0 Å². The predicted octanol–water partition coefficient (Wildman–Crippen LogP) is 1.35. The molecule has 506 valence electrons. The van der Waals surface area contributed by atoms with Gasteiger partial charge in [-0.1, -0.05) is 7.43 Å². The summed E-state index contributed by atoms with van der Waals surface area (Å²) in [7, 11) is 0. The minimum absolute atomic E-state index is 0. The molecule has 10 aliphatic heterocycles. The highest BCUT2D eigenvalue weighted by molar-refractivity contribution is 6.24. The fourth-order valence-corrected chi connectivity index (χ4v) is 11.9. The number of nitrogens with one attached hydrogen (secondary N) is 5. The molecule has 27 heteroatoms. The van der Waals surface area contributed by atoms with Crippen LogP contribution in [0.4, 0.5) is 11.4 Å². The van der Waals surface area contributed by atoms with Gasteiger partial charge in [0.15, 0.2) is 0 Å². The van der Waals surface area contributed by atoms with E-state index in [1.807, 2.05) is 47.6 Å². The van der Waals surface area contributed by atoms with Crippen molar-refractivity contribution >= 4 is 77.9 Å². The molecule has 8 amide bonds. The Kier molecular flexibility index (Phi) is 26.4. The Morgan fingerprint density at radius 1 is 0.457 bits per heavy atom. The van der Waals surface area contributed by atoms with Crippen LogP contribution >= 0.6 is 0 Å². The Balaban J connectivity index is 0.000000192. The first-order chi connectivity index (χ1) is 43.5. The molecule has 8 fully saturated rings. The number of carbonyl (C=O) groups is 11. The lowest BCUT2D eigenvalue weighted by Crippen LogP contribution is -2.54. The van der Waals surface area contributed by atoms with Gasteiger partial charge in [-0.05, 0) is 130 Å². The maximum atomic E-state index is 13.1. The molecule has 0 aromatic heterocycles. The van der Waals surface area contributed by atoms with Crippen LogP contribution in [-0.4, -0.2) is 263 Å². The molecule has 2 unspecified atom stereocenters. The second-order valence-electron chi connectivity index (χ2n) is 26.1. The normalized spacial score (nSPS) is 22.8. The molecule has 0 bridgehead atoms. The Bertz CT molecular complexity index is 2900. The Morgan fingerprint density at radius 3 is 1.18 bits per heavy atom. The van der Waals surface area contributed by atoms with E-state index in [0.717, 1.165) is 145 Å². The largest absolute Gasteiger partial charge is 0.462 e. The first-order valence-electron chi connectivity index (χ1n) is 32.0. The third kappa shape index (κ3) is 20.0. The lowest BCUT2D eigenvalue weighted by atomic mass is 10.0. The highest BCUT2D eigenvalue weighted by Gasteiger charge is 2.46. The van der Waals surface area contributed by atoms with Gasteiger partial charge in [-0.2, -0.15) is 0 Å². The topological polar surface area (TPSA) is 308 Å². The number of imide groups is 4. The lowest BCUT2D eigenvalue weighted by molar-refractivity contribution is -0.139. The summed E-state index contributed by atoms with van der Waals surface area (Å²) in [5.74, 6) is -3.90. The average molecular weight is 1290 g/mol. The standard InChI is InChI=1S/C27H36N6O5.C19H20N4O5.C8H16N2O.2C5H10O2.CH4/c34-24-4-3-23(25(35)29-24)33-26(36)21-2-1-18(15-22(21)27(33)37)32-13-11-31(12-14-32)10-9-30-7-5-19(6-8-30)38-20-16-28-17-20;24-10-9-21-5-7-22(8-6-21)12-1-2-13-14(11-12)19(28)23(18(13)27)15-3-4-16(25)20-17(15)26;1-3-9-4-2-7(1)11-8-5-10-6-8;2*1-5(2,3)7-4-6;/h1-2,15,19-20,23,28H,3-14,16-17H2,(H,29,34,35);1-2,10-11,15H,3-9H2,(H,20,25,26);7-10H,1-6H2;2*4H,1-3H3;1H4. The zero-order chi connectivity index (χ0) is 65.4. The van der Waals surface area contributed by atoms with Crippen LogP contribution < -0.4 is 36.4 Å². The van der Waals surface area contributed by atoms with Gasteiger partial charge in [-0.3, -0.25) is 78.2 Å². The Labute approximate surface area is 539 Å². The number of hydrogen-bond acceptors (Lipinski definition) is 23. The third-order valence-electron chi connectivity index (χ3n) is 17.3. The number of likely N-dealkylation sites (tertiary alicyclic amines) is 1. The van der Waals surface area contributed by atoms with Crippen molar-refractivity contribution < 1.29 is 71.7 Å². The van der Waals surface area contributed by atoms with Crippen molar-refractivity contribution in [2.45, 2.75) is 148 Å². The first kappa shape index (κ1) is 72.3. The molecule has 0 aliphatic carbocycles. The number of rotatable bonds is 15. The number of anilines is 2. The lowest BCUT2D eigenvalue weighted by Gasteiger charge is -2.39. The van der Waals surface area contributed by atoms with Crippen molar-refractivity contribution in [3.63, 3.8) is 0 Å². The van der Waals surface area contributed by atoms with Gasteiger partial charge in [0.2, 0.25) is 23.6 Å². The number of benzene rings is 2. The molecule has 8 saturated heterocycles. The summed E-state index contributed by atoms with van der Waals surface area (Å²) >= 11 is 0. The summed E-state index contributed by atoms with van der Waals surface area (Å²) in [6.45, 7) is 29.4. The summed E-state index contributed by atoms with van der Waals surface area (Å²) in [4.78, 5) is 142. The van der Waals surface area contributed by atoms with Gasteiger partial charge in [0.1, 0.15) is 29.6 Å². The summed E-state index contributed by atoms with van der Waals surface area (Å²) < 4.78 is 21.1. The van der Waals surface area contributed by atoms with Crippen molar-refractivity contribution in [1.29, 1.82) is 0 Å². The van der Waals surface area contributed by atoms with Crippen LogP contribution in [0, 0.1) is 0 Å². The number of carbonyl (C=O) groups excluding carboxylic acids is 11. The summed E-state index contributed by atoms with van der Waals surface area (Å²) in [5.41, 5.74) is 2.32. The number of ether oxygens (including phenoxy) is 4. The molecular weight excluding hydrogens is 1190 g/mol. The van der Waals surface area contributed by atoms with Gasteiger partial charge in [0.05, 0.1) is 53.2 Å². The average Bonchev–Trinajstić information content (AvgIpc) is 1.62. The molecule has 2 atom stereocenters. The minimum Gasteiger partial charge on any atom is -0.462 e. The molecular formula is C65H96N12O15. The van der Waals surface area contributed by atoms with Crippen molar-refractivity contribution in [3.05, 3.63) is 58.7 Å². The number of piperazine rings is 2. The minimum atomic E-state index is -0.958. The van der Waals surface area contributed by atoms with Crippen LogP contribution in [0.5, 0.6) is 0 Å². The number of nitrogens with zero attached hydrogens (tertiary/aromatic N) is 7. The summed E-state index contributed by atoms with van der Waals surface area (Å²) in [5, 5.41) is 14.2. The first-order valence-corrected chi connectivity index (χ1v) is 32.0. The van der Waals surface area contributed by atoms with E-state index in [4.69, 9.17) is 9.47 Å². The maximum Gasteiger partial charge on any atom is 0.293 e. The zero-order valence-corrected chi connectivity index (χ0v) is 53.5. The van der Waals surface area contributed by atoms with Crippen LogP contribution in [-0.2, 0) is 52.5 Å². The van der Waals surface area contributed by atoms with Crippen molar-refractivity contribution in [3.8, 4) is 0 Å². The van der Waals surface area contributed by atoms with Crippen LogP contribution in [0.2, 0.25) is 0 Å². The molecule has 10 heterocycles. The SMILES string of the molecule is C.C1CC(OC2CNC2)CCN1.CC(C)(C)OC=O.CC(C)(C)OC=O.O=C1CCC(N2C(=O)c3ccc(N4CCN(CCN5CCC(OC6CNC6)CC5)CC4)cc3C2=O)C(=O)N1.O=CCN1CCN(c2ccc3c(c2)C(=O)N(C2CCC(=O)NC2=O)C3=O)CC1. The highest BCUT2D eigenvalue weighted by atomic mass is 16.5. The molecule has 10 aliphatic rings. The number of hydrogen-bond donors (Lipinski definition) is 5. The maximum absolute atomic E-state index is 13.1. The van der Waals surface area contributed by atoms with Gasteiger partial charge < -0.3 is 54.4 Å². The third-order valence-corrected chi connectivity index (χ3v) is 17.3.